The summed E-state index contributed by atoms with van der Waals surface area (Å²) in [4.78, 5) is 26.9. The van der Waals surface area contributed by atoms with E-state index < -0.39 is 40.9 Å². The lowest BCUT2D eigenvalue weighted by Gasteiger charge is -2.39. The maximum absolute atomic E-state index is 12.7. The van der Waals surface area contributed by atoms with Gasteiger partial charge in [-0.2, -0.15) is 0 Å². The van der Waals surface area contributed by atoms with E-state index in [2.05, 4.69) is 4.98 Å². The zero-order valence-corrected chi connectivity index (χ0v) is 23.5. The highest BCUT2D eigenvalue weighted by atomic mass is 16.7. The van der Waals surface area contributed by atoms with E-state index in [1.165, 1.54) is 10.8 Å². The molecule has 1 unspecified atom stereocenters. The summed E-state index contributed by atoms with van der Waals surface area (Å²) >= 11 is 0. The normalized spacial score (nSPS) is 23.2. The van der Waals surface area contributed by atoms with Crippen LogP contribution in [0.15, 0.2) is 94.6 Å². The zero-order valence-electron chi connectivity index (χ0n) is 23.5. The highest BCUT2D eigenvalue weighted by Gasteiger charge is 2.63. The largest absolute Gasteiger partial charge is 0.497 e. The van der Waals surface area contributed by atoms with Crippen LogP contribution in [0.4, 0.5) is 0 Å². The number of aryl methyl sites for hydroxylation is 1. The van der Waals surface area contributed by atoms with Gasteiger partial charge in [0, 0.05) is 11.8 Å². The summed E-state index contributed by atoms with van der Waals surface area (Å²) in [5, 5.41) is 11.4. The molecule has 42 heavy (non-hydrogen) atoms. The summed E-state index contributed by atoms with van der Waals surface area (Å²) < 4.78 is 31.4. The van der Waals surface area contributed by atoms with Gasteiger partial charge in [-0.3, -0.25) is 14.3 Å². The Morgan fingerprint density at radius 3 is 2.07 bits per heavy atom. The van der Waals surface area contributed by atoms with Crippen LogP contribution < -0.4 is 20.7 Å². The third-order valence-corrected chi connectivity index (χ3v) is 8.13. The monoisotopic (exact) mass is 572 g/mol. The molecule has 2 saturated heterocycles. The lowest BCUT2D eigenvalue weighted by molar-refractivity contribution is -0.204. The summed E-state index contributed by atoms with van der Waals surface area (Å²) in [7, 11) is 3.22. The molecule has 218 valence electrons. The van der Waals surface area contributed by atoms with Crippen molar-refractivity contribution < 1.29 is 28.8 Å². The second kappa shape index (κ2) is 10.9. The highest BCUT2D eigenvalue weighted by Crippen LogP contribution is 2.48. The molecule has 10 heteroatoms. The quantitative estimate of drug-likeness (QED) is 0.294. The van der Waals surface area contributed by atoms with Crippen molar-refractivity contribution in [3.8, 4) is 11.5 Å². The lowest BCUT2D eigenvalue weighted by atomic mass is 9.79. The van der Waals surface area contributed by atoms with Gasteiger partial charge in [0.25, 0.3) is 5.56 Å². The van der Waals surface area contributed by atoms with Crippen LogP contribution in [0, 0.1) is 6.92 Å². The molecule has 0 spiro atoms. The summed E-state index contributed by atoms with van der Waals surface area (Å²) in [6, 6.07) is 25.0. The van der Waals surface area contributed by atoms with Crippen LogP contribution in [0.2, 0.25) is 0 Å². The zero-order chi connectivity index (χ0) is 29.5. The molecule has 3 heterocycles. The van der Waals surface area contributed by atoms with Crippen molar-refractivity contribution in [2.75, 3.05) is 27.4 Å². The first-order valence-electron chi connectivity index (χ1n) is 13.6. The Morgan fingerprint density at radius 2 is 1.50 bits per heavy atom. The number of hydrogen-bond acceptors (Lipinski definition) is 8. The second-order valence-corrected chi connectivity index (χ2v) is 10.6. The Balaban J connectivity index is 1.44. The Kier molecular flexibility index (Phi) is 7.24. The van der Waals surface area contributed by atoms with Gasteiger partial charge in [-0.05, 0) is 47.9 Å². The van der Waals surface area contributed by atoms with Gasteiger partial charge in [0.05, 0.1) is 27.4 Å². The van der Waals surface area contributed by atoms with Crippen molar-refractivity contribution in [3.05, 3.63) is 128 Å². The van der Waals surface area contributed by atoms with Gasteiger partial charge in [-0.15, -0.1) is 0 Å². The molecule has 0 saturated carbocycles. The van der Waals surface area contributed by atoms with Crippen LogP contribution in [-0.2, 0) is 19.8 Å². The number of aromatic nitrogens is 2. The Hall–Kier alpha value is -4.22. The van der Waals surface area contributed by atoms with Crippen molar-refractivity contribution in [2.24, 2.45) is 0 Å². The predicted molar refractivity (Wildman–Crippen MR) is 153 cm³/mol. The molecule has 2 N–H and O–H groups in total. The number of aliphatic hydroxyl groups excluding tert-OH is 1. The smallest absolute Gasteiger partial charge is 0.330 e. The van der Waals surface area contributed by atoms with Crippen molar-refractivity contribution >= 4 is 0 Å². The molecule has 6 rings (SSSR count). The van der Waals surface area contributed by atoms with Gasteiger partial charge in [0.15, 0.2) is 6.23 Å². The average Bonchev–Trinajstić information content (AvgIpc) is 3.49. The van der Waals surface area contributed by atoms with Gasteiger partial charge in [-0.1, -0.05) is 54.6 Å². The van der Waals surface area contributed by atoms with Crippen molar-refractivity contribution in [1.82, 2.24) is 9.55 Å². The number of H-pyrrole nitrogens is 1. The minimum absolute atomic E-state index is 0.0580. The molecule has 0 aliphatic carbocycles. The molecule has 4 aromatic rings. The topological polar surface area (TPSA) is 121 Å². The molecule has 2 fully saturated rings. The number of ether oxygens (including phenoxy) is 5. The van der Waals surface area contributed by atoms with Gasteiger partial charge >= 0.3 is 5.69 Å². The molecule has 10 nitrogen and oxygen atoms in total. The molecule has 0 radical (unpaired) electrons. The van der Waals surface area contributed by atoms with Crippen molar-refractivity contribution in [3.63, 3.8) is 0 Å². The molecule has 2 aliphatic rings. The summed E-state index contributed by atoms with van der Waals surface area (Å²) in [5.74, 6) is 1.39. The lowest BCUT2D eigenvalue weighted by Crippen LogP contribution is -2.48. The fraction of sp³-hybridized carbons (Fsp3) is 0.312. The Bertz CT molecular complexity index is 1620. The van der Waals surface area contributed by atoms with Crippen LogP contribution in [0.3, 0.4) is 0 Å². The van der Waals surface area contributed by atoms with Crippen molar-refractivity contribution in [2.45, 2.75) is 36.6 Å². The van der Waals surface area contributed by atoms with E-state index in [-0.39, 0.29) is 13.2 Å². The number of aromatic amines is 1. The van der Waals surface area contributed by atoms with Crippen molar-refractivity contribution in [1.29, 1.82) is 0 Å². The maximum Gasteiger partial charge on any atom is 0.330 e. The van der Waals surface area contributed by atoms with Crippen LogP contribution in [0.25, 0.3) is 0 Å². The summed E-state index contributed by atoms with van der Waals surface area (Å²) in [5.41, 5.74) is -0.717. The van der Waals surface area contributed by atoms with E-state index in [1.807, 2.05) is 78.9 Å². The SMILES string of the molecule is COc1ccc(C(OC[C@@]23COC([C@H](n4cc(C)c(=O)[nH]c4=O)O2)[C@H]3O)(c2ccccc2)c2ccc(OC)cc2)cc1. The molecule has 3 aromatic carbocycles. The summed E-state index contributed by atoms with van der Waals surface area (Å²) in [6.45, 7) is 1.57. The van der Waals surface area contributed by atoms with Gasteiger partial charge in [0.2, 0.25) is 0 Å². The number of fused-ring (bicyclic) bond motifs is 2. The van der Waals surface area contributed by atoms with Crippen LogP contribution >= 0.6 is 0 Å². The average molecular weight is 573 g/mol. The van der Waals surface area contributed by atoms with E-state index in [0.29, 0.717) is 17.1 Å². The molecule has 2 bridgehead atoms. The predicted octanol–water partition coefficient (Wildman–Crippen LogP) is 2.90. The first-order valence-corrected chi connectivity index (χ1v) is 13.6. The fourth-order valence-corrected chi connectivity index (χ4v) is 5.82. The third-order valence-electron chi connectivity index (χ3n) is 8.13. The number of aliphatic hydroxyl groups is 1. The fourth-order valence-electron chi connectivity index (χ4n) is 5.82. The number of hydrogen-bond donors (Lipinski definition) is 2. The molecule has 2 aliphatic heterocycles. The molecular weight excluding hydrogens is 540 g/mol. The maximum atomic E-state index is 12.7. The van der Waals surface area contributed by atoms with Crippen LogP contribution in [0.5, 0.6) is 11.5 Å². The summed E-state index contributed by atoms with van der Waals surface area (Å²) in [6.07, 6.45) is -1.46. The van der Waals surface area contributed by atoms with Crippen LogP contribution in [-0.4, -0.2) is 59.9 Å². The van der Waals surface area contributed by atoms with E-state index in [9.17, 15) is 14.7 Å². The standard InChI is InChI=1S/C32H32N2O8/c1-20-17-34(30(37)33-28(20)36)29-26-27(35)31(42-29,18-40-26)19-41-32(21-7-5-4-6-8-21,22-9-13-24(38-2)14-10-22)23-11-15-25(39-3)16-12-23/h4-17,26-27,29,35H,18-19H2,1-3H3,(H,33,36,37)/t26?,27-,29-,31-/m1/s1. The van der Waals surface area contributed by atoms with Gasteiger partial charge < -0.3 is 28.8 Å². The number of nitrogens with zero attached hydrogens (tertiary/aromatic N) is 1. The number of rotatable bonds is 9. The van der Waals surface area contributed by atoms with Gasteiger partial charge in [0.1, 0.15) is 34.9 Å². The third kappa shape index (κ3) is 4.53. The van der Waals surface area contributed by atoms with Crippen LogP contribution in [0.1, 0.15) is 28.5 Å². The first kappa shape index (κ1) is 27.9. The van der Waals surface area contributed by atoms with E-state index in [0.717, 1.165) is 16.7 Å². The number of benzene rings is 3. The van der Waals surface area contributed by atoms with E-state index in [4.69, 9.17) is 23.7 Å². The van der Waals surface area contributed by atoms with E-state index in [1.54, 1.807) is 21.1 Å². The molecular formula is C32H32N2O8. The first-order chi connectivity index (χ1) is 20.3. The molecule has 1 aromatic heterocycles. The number of nitrogens with one attached hydrogen (secondary N) is 1. The minimum atomic E-state index is -1.28. The Morgan fingerprint density at radius 1 is 0.929 bits per heavy atom. The minimum Gasteiger partial charge on any atom is -0.497 e. The van der Waals surface area contributed by atoms with Gasteiger partial charge in [-0.25, -0.2) is 4.79 Å². The molecule has 4 atom stereocenters. The second-order valence-electron chi connectivity index (χ2n) is 10.6. The molecule has 0 amide bonds. The highest BCUT2D eigenvalue weighted by molar-refractivity contribution is 5.49. The Labute approximate surface area is 242 Å². The number of methoxy groups -OCH3 is 2. The van der Waals surface area contributed by atoms with E-state index >= 15 is 0 Å².